The molecule has 6 nitrogen and oxygen atoms in total. The first-order valence-electron chi connectivity index (χ1n) is 9.05. The Hall–Kier alpha value is -2.34. The smallest absolute Gasteiger partial charge is 0.306 e. The second-order valence-corrected chi connectivity index (χ2v) is 6.98. The number of hydrogen-bond acceptors (Lipinski definition) is 4. The average Bonchev–Trinajstić information content (AvgIpc) is 3.13. The topological polar surface area (TPSA) is 75.7 Å². The fourth-order valence-corrected chi connectivity index (χ4v) is 3.01. The largest absolute Gasteiger partial charge is 0.456 e. The maximum atomic E-state index is 12.3. The second-order valence-electron chi connectivity index (χ2n) is 6.55. The van der Waals surface area contributed by atoms with Gasteiger partial charge in [-0.05, 0) is 50.3 Å². The van der Waals surface area contributed by atoms with E-state index in [2.05, 4.69) is 5.32 Å². The van der Waals surface area contributed by atoms with Gasteiger partial charge < -0.3 is 15.0 Å². The van der Waals surface area contributed by atoms with E-state index < -0.39 is 11.9 Å². The van der Waals surface area contributed by atoms with Crippen LogP contribution in [-0.4, -0.2) is 42.4 Å². The highest BCUT2D eigenvalue weighted by molar-refractivity contribution is 6.31. The summed E-state index contributed by atoms with van der Waals surface area (Å²) in [6.45, 7) is 3.48. The number of nitrogens with zero attached hydrogens (tertiary/aromatic N) is 1. The van der Waals surface area contributed by atoms with E-state index >= 15 is 0 Å². The zero-order chi connectivity index (χ0) is 19.8. The van der Waals surface area contributed by atoms with Crippen molar-refractivity contribution in [1.29, 1.82) is 0 Å². The molecule has 0 unspecified atom stereocenters. The highest BCUT2D eigenvalue weighted by Gasteiger charge is 2.20. The number of carbonyl (C=O) groups excluding carboxylic acids is 3. The Kier molecular flexibility index (Phi) is 7.85. The van der Waals surface area contributed by atoms with E-state index in [0.717, 1.165) is 18.4 Å². The molecule has 1 aromatic carbocycles. The molecule has 0 aromatic heterocycles. The Morgan fingerprint density at radius 3 is 2.78 bits per heavy atom. The van der Waals surface area contributed by atoms with Crippen LogP contribution in [-0.2, 0) is 19.1 Å². The van der Waals surface area contributed by atoms with E-state index in [1.54, 1.807) is 25.1 Å². The van der Waals surface area contributed by atoms with Crippen molar-refractivity contribution in [2.45, 2.75) is 33.1 Å². The van der Waals surface area contributed by atoms with Crippen molar-refractivity contribution in [3.8, 4) is 0 Å². The Bertz CT molecular complexity index is 733. The monoisotopic (exact) mass is 392 g/mol. The van der Waals surface area contributed by atoms with E-state index in [0.29, 0.717) is 17.3 Å². The van der Waals surface area contributed by atoms with Crippen molar-refractivity contribution in [3.05, 3.63) is 40.9 Å². The van der Waals surface area contributed by atoms with Crippen molar-refractivity contribution in [1.82, 2.24) is 4.90 Å². The van der Waals surface area contributed by atoms with Gasteiger partial charge in [0.25, 0.3) is 5.91 Å². The predicted molar refractivity (Wildman–Crippen MR) is 105 cm³/mol. The van der Waals surface area contributed by atoms with Gasteiger partial charge in [0.05, 0.1) is 13.0 Å². The van der Waals surface area contributed by atoms with Gasteiger partial charge >= 0.3 is 5.97 Å². The summed E-state index contributed by atoms with van der Waals surface area (Å²) in [6, 6.07) is 5.20. The first-order chi connectivity index (χ1) is 12.9. The number of nitrogens with one attached hydrogen (secondary N) is 1. The number of likely N-dealkylation sites (N-methyl/N-ethyl adjacent to an activating group) is 1. The van der Waals surface area contributed by atoms with E-state index in [1.165, 1.54) is 4.90 Å². The zero-order valence-corrected chi connectivity index (χ0v) is 16.4. The number of anilines is 1. The van der Waals surface area contributed by atoms with Crippen LogP contribution in [0.25, 0.3) is 0 Å². The van der Waals surface area contributed by atoms with Crippen molar-refractivity contribution in [2.75, 3.05) is 25.0 Å². The molecule has 27 heavy (non-hydrogen) atoms. The number of allylic oxidation sites excluding steroid dienone is 2. The molecule has 0 spiro atoms. The summed E-state index contributed by atoms with van der Waals surface area (Å²) in [7, 11) is 0. The fourth-order valence-electron chi connectivity index (χ4n) is 2.84. The predicted octanol–water partition coefficient (Wildman–Crippen LogP) is 3.33. The van der Waals surface area contributed by atoms with Gasteiger partial charge in [0.1, 0.15) is 0 Å². The van der Waals surface area contributed by atoms with E-state index in [4.69, 9.17) is 16.3 Å². The summed E-state index contributed by atoms with van der Waals surface area (Å²) < 4.78 is 5.07. The number of carbonyl (C=O) groups is 3. The summed E-state index contributed by atoms with van der Waals surface area (Å²) in [4.78, 5) is 37.7. The molecular formula is C20H25ClN2O4. The molecule has 2 rings (SSSR count). The minimum Gasteiger partial charge on any atom is -0.456 e. The third-order valence-electron chi connectivity index (χ3n) is 4.44. The molecule has 0 heterocycles. The number of ether oxygens (including phenoxy) is 1. The van der Waals surface area contributed by atoms with Crippen LogP contribution < -0.4 is 5.32 Å². The molecule has 1 aliphatic rings. The maximum absolute atomic E-state index is 12.3. The Morgan fingerprint density at radius 2 is 2.11 bits per heavy atom. The maximum Gasteiger partial charge on any atom is 0.306 e. The van der Waals surface area contributed by atoms with E-state index in [9.17, 15) is 14.4 Å². The lowest BCUT2D eigenvalue weighted by Gasteiger charge is -2.20. The molecule has 146 valence electrons. The van der Waals surface area contributed by atoms with Crippen LogP contribution in [0.2, 0.25) is 5.02 Å². The Morgan fingerprint density at radius 1 is 1.33 bits per heavy atom. The summed E-state index contributed by atoms with van der Waals surface area (Å²) in [5.41, 5.74) is 1.48. The number of benzene rings is 1. The van der Waals surface area contributed by atoms with Crippen molar-refractivity contribution < 1.29 is 19.1 Å². The number of hydrogen-bond donors (Lipinski definition) is 1. The standard InChI is InChI=1S/C20H25ClN2O4/c1-3-23(12-18(24)22-17-11-16(21)9-8-14(17)2)19(25)13-27-20(26)10-15-6-4-5-7-15/h4,6,8-9,11,15H,3,5,7,10,12-13H2,1-2H3,(H,22,24)/t15-/m1/s1. The summed E-state index contributed by atoms with van der Waals surface area (Å²) >= 11 is 5.95. The lowest BCUT2D eigenvalue weighted by atomic mass is 10.1. The highest BCUT2D eigenvalue weighted by atomic mass is 35.5. The van der Waals surface area contributed by atoms with Gasteiger partial charge in [-0.25, -0.2) is 0 Å². The van der Waals surface area contributed by atoms with Gasteiger partial charge in [0.15, 0.2) is 6.61 Å². The molecule has 0 saturated carbocycles. The normalized spacial score (nSPS) is 15.4. The van der Waals surface area contributed by atoms with Gasteiger partial charge in [-0.15, -0.1) is 0 Å². The molecule has 0 aliphatic heterocycles. The molecule has 0 saturated heterocycles. The second kappa shape index (κ2) is 10.1. The van der Waals surface area contributed by atoms with Gasteiger partial charge in [0.2, 0.25) is 5.91 Å². The molecule has 1 aromatic rings. The Labute approximate surface area is 164 Å². The summed E-state index contributed by atoms with van der Waals surface area (Å²) in [5.74, 6) is -0.930. The average molecular weight is 393 g/mol. The van der Waals surface area contributed by atoms with Crippen LogP contribution >= 0.6 is 11.6 Å². The molecule has 0 bridgehead atoms. The molecule has 1 atom stereocenters. The molecular weight excluding hydrogens is 368 g/mol. The van der Waals surface area contributed by atoms with Crippen molar-refractivity contribution in [2.24, 2.45) is 5.92 Å². The quantitative estimate of drug-likeness (QED) is 0.543. The SMILES string of the molecule is CCN(CC(=O)Nc1cc(Cl)ccc1C)C(=O)COC(=O)C[C@@H]1C=CCC1. The van der Waals surface area contributed by atoms with Crippen LogP contribution in [0.4, 0.5) is 5.69 Å². The van der Waals surface area contributed by atoms with Crippen LogP contribution in [0.15, 0.2) is 30.4 Å². The van der Waals surface area contributed by atoms with Crippen LogP contribution in [0.3, 0.4) is 0 Å². The van der Waals surface area contributed by atoms with Gasteiger partial charge in [-0.2, -0.15) is 0 Å². The van der Waals surface area contributed by atoms with Crippen LogP contribution in [0, 0.1) is 12.8 Å². The van der Waals surface area contributed by atoms with E-state index in [1.807, 2.05) is 19.1 Å². The van der Waals surface area contributed by atoms with Gasteiger partial charge in [-0.3, -0.25) is 14.4 Å². The number of halogens is 1. The number of aryl methyl sites for hydroxylation is 1. The first kappa shape index (κ1) is 21.0. The van der Waals surface area contributed by atoms with E-state index in [-0.39, 0.29) is 31.4 Å². The zero-order valence-electron chi connectivity index (χ0n) is 15.7. The van der Waals surface area contributed by atoms with Crippen molar-refractivity contribution in [3.63, 3.8) is 0 Å². The van der Waals surface area contributed by atoms with Gasteiger partial charge in [0, 0.05) is 17.3 Å². The Balaban J connectivity index is 1.81. The molecule has 0 radical (unpaired) electrons. The lowest BCUT2D eigenvalue weighted by Crippen LogP contribution is -2.40. The lowest BCUT2D eigenvalue weighted by molar-refractivity contribution is -0.152. The molecule has 2 amide bonds. The fraction of sp³-hybridized carbons (Fsp3) is 0.450. The minimum atomic E-state index is -0.397. The van der Waals surface area contributed by atoms with Gasteiger partial charge in [-0.1, -0.05) is 29.8 Å². The minimum absolute atomic E-state index is 0.121. The molecule has 1 N–H and O–H groups in total. The molecule has 0 fully saturated rings. The number of amides is 2. The summed E-state index contributed by atoms with van der Waals surface area (Å²) in [5, 5.41) is 3.27. The van der Waals surface area contributed by atoms with Crippen LogP contribution in [0.1, 0.15) is 31.7 Å². The van der Waals surface area contributed by atoms with Crippen molar-refractivity contribution >= 4 is 35.1 Å². The molecule has 7 heteroatoms. The third kappa shape index (κ3) is 6.71. The number of rotatable bonds is 8. The summed E-state index contributed by atoms with van der Waals surface area (Å²) in [6.07, 6.45) is 6.24. The first-order valence-corrected chi connectivity index (χ1v) is 9.43. The highest BCUT2D eigenvalue weighted by Crippen LogP contribution is 2.21. The molecule has 1 aliphatic carbocycles. The third-order valence-corrected chi connectivity index (χ3v) is 4.68. The number of esters is 1. The van der Waals surface area contributed by atoms with Crippen LogP contribution in [0.5, 0.6) is 0 Å².